The minimum atomic E-state index is 0.389. The zero-order valence-corrected chi connectivity index (χ0v) is 13.7. The molecule has 2 heterocycles. The Hall–Kier alpha value is -2.27. The molecule has 0 amide bonds. The highest BCUT2D eigenvalue weighted by molar-refractivity contribution is 5.90. The van der Waals surface area contributed by atoms with Gasteiger partial charge in [0.1, 0.15) is 5.82 Å². The summed E-state index contributed by atoms with van der Waals surface area (Å²) in [6.07, 6.45) is 1.83. The molecule has 0 unspecified atom stereocenters. The van der Waals surface area contributed by atoms with Gasteiger partial charge in [-0.3, -0.25) is 4.68 Å². The van der Waals surface area contributed by atoms with Crippen molar-refractivity contribution in [2.75, 3.05) is 14.1 Å². The molecule has 0 aliphatic rings. The van der Waals surface area contributed by atoms with Crippen molar-refractivity contribution in [1.29, 1.82) is 0 Å². The molecule has 0 N–H and O–H groups in total. The van der Waals surface area contributed by atoms with Crippen molar-refractivity contribution in [2.45, 2.75) is 19.9 Å². The van der Waals surface area contributed by atoms with Gasteiger partial charge in [-0.2, -0.15) is 5.10 Å². The Labute approximate surface area is 130 Å². The van der Waals surface area contributed by atoms with Gasteiger partial charge in [-0.15, -0.1) is 0 Å². The fourth-order valence-electron chi connectivity index (χ4n) is 2.57. The summed E-state index contributed by atoms with van der Waals surface area (Å²) in [5.74, 6) is 0.761. The molecular weight excluding hydrogens is 274 g/mol. The Bertz CT molecular complexity index is 802. The summed E-state index contributed by atoms with van der Waals surface area (Å²) >= 11 is 0. The second-order valence-corrected chi connectivity index (χ2v) is 5.89. The zero-order valence-electron chi connectivity index (χ0n) is 13.7. The van der Waals surface area contributed by atoms with Crippen LogP contribution in [0.4, 0.5) is 0 Å². The van der Waals surface area contributed by atoms with E-state index in [2.05, 4.69) is 65.3 Å². The molecule has 0 spiro atoms. The van der Waals surface area contributed by atoms with E-state index in [4.69, 9.17) is 0 Å². The van der Waals surface area contributed by atoms with Crippen LogP contribution in [0.5, 0.6) is 0 Å². The predicted octanol–water partition coefficient (Wildman–Crippen LogP) is 2.96. The normalized spacial score (nSPS) is 13.0. The minimum Gasteiger partial charge on any atom is -0.303 e. The molecule has 0 aliphatic carbocycles. The highest BCUT2D eigenvalue weighted by atomic mass is 15.3. The van der Waals surface area contributed by atoms with Crippen LogP contribution in [0, 0.1) is 6.92 Å². The lowest BCUT2D eigenvalue weighted by Gasteiger charge is -2.20. The van der Waals surface area contributed by atoms with E-state index in [9.17, 15) is 0 Å². The van der Waals surface area contributed by atoms with Crippen molar-refractivity contribution in [1.82, 2.24) is 24.6 Å². The van der Waals surface area contributed by atoms with Gasteiger partial charge in [-0.1, -0.05) is 24.3 Å². The van der Waals surface area contributed by atoms with E-state index in [1.54, 1.807) is 4.68 Å². The average molecular weight is 295 g/mol. The summed E-state index contributed by atoms with van der Waals surface area (Å²) in [6, 6.07) is 8.98. The molecule has 0 saturated heterocycles. The van der Waals surface area contributed by atoms with Crippen molar-refractivity contribution in [3.05, 3.63) is 41.9 Å². The van der Waals surface area contributed by atoms with Crippen LogP contribution < -0.4 is 0 Å². The molecule has 3 rings (SSSR count). The second-order valence-electron chi connectivity index (χ2n) is 5.89. The number of hydrogen-bond donors (Lipinski definition) is 0. The Morgan fingerprint density at radius 1 is 1.09 bits per heavy atom. The van der Waals surface area contributed by atoms with Gasteiger partial charge in [0.25, 0.3) is 0 Å². The first-order chi connectivity index (χ1) is 10.5. The quantitative estimate of drug-likeness (QED) is 0.745. The molecule has 1 atom stereocenters. The van der Waals surface area contributed by atoms with Gasteiger partial charge in [0.15, 0.2) is 5.65 Å². The highest BCUT2D eigenvalue weighted by Crippen LogP contribution is 2.27. The lowest BCUT2D eigenvalue weighted by Crippen LogP contribution is -2.16. The molecule has 114 valence electrons. The van der Waals surface area contributed by atoms with Crippen molar-refractivity contribution < 1.29 is 0 Å². The van der Waals surface area contributed by atoms with Crippen LogP contribution in [0.1, 0.15) is 24.4 Å². The Morgan fingerprint density at radius 3 is 2.41 bits per heavy atom. The number of benzene rings is 1. The number of aromatic nitrogens is 4. The number of nitrogens with zero attached hydrogens (tertiary/aromatic N) is 5. The first-order valence-corrected chi connectivity index (χ1v) is 7.40. The van der Waals surface area contributed by atoms with Crippen molar-refractivity contribution in [2.24, 2.45) is 7.05 Å². The van der Waals surface area contributed by atoms with Crippen LogP contribution in [-0.2, 0) is 7.05 Å². The molecule has 1 aromatic carbocycles. The SMILES string of the molecule is Cc1nc(-c2ccc([C@@H](C)N(C)C)cc2)c2cnn(C)c2n1. The van der Waals surface area contributed by atoms with Crippen LogP contribution in [0.25, 0.3) is 22.3 Å². The van der Waals surface area contributed by atoms with Crippen LogP contribution in [0.3, 0.4) is 0 Å². The molecule has 3 aromatic rings. The molecule has 5 heteroatoms. The van der Waals surface area contributed by atoms with Crippen molar-refractivity contribution in [3.63, 3.8) is 0 Å². The van der Waals surface area contributed by atoms with E-state index >= 15 is 0 Å². The zero-order chi connectivity index (χ0) is 15.9. The smallest absolute Gasteiger partial charge is 0.161 e. The van der Waals surface area contributed by atoms with Crippen molar-refractivity contribution in [3.8, 4) is 11.3 Å². The number of aryl methyl sites for hydroxylation is 2. The van der Waals surface area contributed by atoms with Crippen LogP contribution in [-0.4, -0.2) is 38.7 Å². The first kappa shape index (κ1) is 14.7. The third-order valence-electron chi connectivity index (χ3n) is 4.15. The first-order valence-electron chi connectivity index (χ1n) is 7.40. The van der Waals surface area contributed by atoms with Gasteiger partial charge in [0.05, 0.1) is 17.3 Å². The molecule has 0 bridgehead atoms. The fraction of sp³-hybridized carbons (Fsp3) is 0.353. The van der Waals surface area contributed by atoms with Gasteiger partial charge in [0, 0.05) is 18.7 Å². The van der Waals surface area contributed by atoms with E-state index in [1.807, 2.05) is 20.2 Å². The molecular formula is C17H21N5. The average Bonchev–Trinajstić information content (AvgIpc) is 2.87. The standard InChI is InChI=1S/C17H21N5/c1-11(21(3)4)13-6-8-14(9-7-13)16-15-10-18-22(5)17(15)20-12(2)19-16/h6-11H,1-5H3/t11-/m1/s1. The largest absolute Gasteiger partial charge is 0.303 e. The fourth-order valence-corrected chi connectivity index (χ4v) is 2.57. The van der Waals surface area contributed by atoms with Gasteiger partial charge in [0.2, 0.25) is 0 Å². The minimum absolute atomic E-state index is 0.389. The highest BCUT2D eigenvalue weighted by Gasteiger charge is 2.13. The summed E-state index contributed by atoms with van der Waals surface area (Å²) in [5.41, 5.74) is 4.20. The predicted molar refractivity (Wildman–Crippen MR) is 88.6 cm³/mol. The third-order valence-corrected chi connectivity index (χ3v) is 4.15. The van der Waals surface area contributed by atoms with Crippen LogP contribution in [0.2, 0.25) is 0 Å². The molecule has 0 saturated carbocycles. The maximum absolute atomic E-state index is 4.62. The number of rotatable bonds is 3. The lowest BCUT2D eigenvalue weighted by molar-refractivity contribution is 0.321. The second kappa shape index (κ2) is 5.50. The Balaban J connectivity index is 2.08. The summed E-state index contributed by atoms with van der Waals surface area (Å²) in [7, 11) is 6.08. The van der Waals surface area contributed by atoms with E-state index in [-0.39, 0.29) is 0 Å². The maximum atomic E-state index is 4.62. The molecule has 0 fully saturated rings. The topological polar surface area (TPSA) is 46.8 Å². The van der Waals surface area contributed by atoms with E-state index in [0.717, 1.165) is 28.1 Å². The van der Waals surface area contributed by atoms with Gasteiger partial charge in [-0.05, 0) is 33.5 Å². The number of hydrogen-bond acceptors (Lipinski definition) is 4. The van der Waals surface area contributed by atoms with E-state index in [1.165, 1.54) is 5.56 Å². The Kier molecular flexibility index (Phi) is 3.66. The summed E-state index contributed by atoms with van der Waals surface area (Å²) < 4.78 is 1.79. The van der Waals surface area contributed by atoms with Crippen molar-refractivity contribution >= 4 is 11.0 Å². The number of fused-ring (bicyclic) bond motifs is 1. The summed E-state index contributed by atoms with van der Waals surface area (Å²) in [6.45, 7) is 4.11. The van der Waals surface area contributed by atoms with Gasteiger partial charge < -0.3 is 4.90 Å². The molecule has 22 heavy (non-hydrogen) atoms. The Morgan fingerprint density at radius 2 is 1.77 bits per heavy atom. The van der Waals surface area contributed by atoms with E-state index < -0.39 is 0 Å². The van der Waals surface area contributed by atoms with Crippen LogP contribution >= 0.6 is 0 Å². The molecule has 5 nitrogen and oxygen atoms in total. The van der Waals surface area contributed by atoms with Gasteiger partial charge in [-0.25, -0.2) is 9.97 Å². The van der Waals surface area contributed by atoms with Gasteiger partial charge >= 0.3 is 0 Å². The monoisotopic (exact) mass is 295 g/mol. The molecule has 2 aromatic heterocycles. The third kappa shape index (κ3) is 2.48. The molecule has 0 radical (unpaired) electrons. The van der Waals surface area contributed by atoms with E-state index in [0.29, 0.717) is 6.04 Å². The lowest BCUT2D eigenvalue weighted by atomic mass is 10.0. The molecule has 0 aliphatic heterocycles. The van der Waals surface area contributed by atoms with Crippen LogP contribution in [0.15, 0.2) is 30.5 Å². The maximum Gasteiger partial charge on any atom is 0.161 e. The summed E-state index contributed by atoms with van der Waals surface area (Å²) in [5, 5.41) is 5.29. The summed E-state index contributed by atoms with van der Waals surface area (Å²) in [4.78, 5) is 11.3.